The van der Waals surface area contributed by atoms with Gasteiger partial charge in [-0.2, -0.15) is 0 Å². The molecule has 2 rings (SSSR count). The summed E-state index contributed by atoms with van der Waals surface area (Å²) < 4.78 is 1.80. The van der Waals surface area contributed by atoms with E-state index in [0.29, 0.717) is 5.92 Å². The largest absolute Gasteiger partial charge is 0.339 e. The fourth-order valence-corrected chi connectivity index (χ4v) is 3.45. The van der Waals surface area contributed by atoms with Gasteiger partial charge in [0.25, 0.3) is 0 Å². The van der Waals surface area contributed by atoms with Crippen molar-refractivity contribution in [2.75, 3.05) is 6.54 Å². The number of hydrogen-bond acceptors (Lipinski definition) is 5. The van der Waals surface area contributed by atoms with Crippen molar-refractivity contribution >= 4 is 17.7 Å². The molecule has 0 bridgehead atoms. The number of likely N-dealkylation sites (tertiary alicyclic amines) is 1. The van der Waals surface area contributed by atoms with Crippen LogP contribution in [0, 0.1) is 5.92 Å². The molecule has 6 nitrogen and oxygen atoms in total. The molecule has 0 N–H and O–H groups in total. The highest BCUT2D eigenvalue weighted by molar-refractivity contribution is 8.00. The number of piperidine rings is 1. The molecule has 1 aromatic rings. The number of tetrazole rings is 1. The molecule has 0 radical (unpaired) electrons. The Morgan fingerprint density at radius 2 is 2.10 bits per heavy atom. The standard InChI is InChI=1S/C13H23N5OS/c1-9(2)8-18-13(14-15-16-18)20-11-6-5-7-17(10(3)4)12(11)19/h9-11H,5-8H2,1-4H3/t11-/m1/s1. The Morgan fingerprint density at radius 3 is 2.75 bits per heavy atom. The topological polar surface area (TPSA) is 63.9 Å². The first-order chi connectivity index (χ1) is 9.49. The van der Waals surface area contributed by atoms with Crippen molar-refractivity contribution in [1.82, 2.24) is 25.1 Å². The Hall–Kier alpha value is -1.11. The normalized spacial score (nSPS) is 20.2. The minimum Gasteiger partial charge on any atom is -0.339 e. The number of aromatic nitrogens is 4. The van der Waals surface area contributed by atoms with Gasteiger partial charge in [-0.25, -0.2) is 4.68 Å². The van der Waals surface area contributed by atoms with Crippen molar-refractivity contribution in [3.63, 3.8) is 0 Å². The Morgan fingerprint density at radius 1 is 1.35 bits per heavy atom. The fraction of sp³-hybridized carbons (Fsp3) is 0.846. The van der Waals surface area contributed by atoms with E-state index >= 15 is 0 Å². The first-order valence-electron chi connectivity index (χ1n) is 7.22. The summed E-state index contributed by atoms with van der Waals surface area (Å²) in [6.45, 7) is 10.0. The Labute approximate surface area is 124 Å². The Balaban J connectivity index is 2.06. The van der Waals surface area contributed by atoms with Crippen LogP contribution in [0.25, 0.3) is 0 Å². The van der Waals surface area contributed by atoms with Crippen molar-refractivity contribution in [2.45, 2.75) is 63.5 Å². The zero-order valence-corrected chi connectivity index (χ0v) is 13.4. The fourth-order valence-electron chi connectivity index (χ4n) is 2.36. The molecule has 0 saturated carbocycles. The second-order valence-corrected chi connectivity index (χ2v) is 7.08. The average molecular weight is 297 g/mol. The van der Waals surface area contributed by atoms with Crippen LogP contribution in [0.15, 0.2) is 5.16 Å². The lowest BCUT2D eigenvalue weighted by Crippen LogP contribution is -2.46. The average Bonchev–Trinajstić information content (AvgIpc) is 2.78. The first kappa shape index (κ1) is 15.3. The summed E-state index contributed by atoms with van der Waals surface area (Å²) in [7, 11) is 0. The van der Waals surface area contributed by atoms with Gasteiger partial charge in [0.1, 0.15) is 0 Å². The molecule has 2 heterocycles. The van der Waals surface area contributed by atoms with Crippen LogP contribution in [0.5, 0.6) is 0 Å². The summed E-state index contributed by atoms with van der Waals surface area (Å²) in [5.41, 5.74) is 0. The third-order valence-corrected chi connectivity index (χ3v) is 4.56. The molecular formula is C13H23N5OS. The predicted molar refractivity (Wildman–Crippen MR) is 78.4 cm³/mol. The van der Waals surface area contributed by atoms with Crippen LogP contribution in [0.3, 0.4) is 0 Å². The third-order valence-electron chi connectivity index (χ3n) is 3.33. The summed E-state index contributed by atoms with van der Waals surface area (Å²) in [5, 5.41) is 12.5. The van der Waals surface area contributed by atoms with Crippen LogP contribution in [-0.4, -0.2) is 48.9 Å². The molecule has 112 valence electrons. The van der Waals surface area contributed by atoms with Gasteiger partial charge in [0.15, 0.2) is 0 Å². The number of hydrogen-bond donors (Lipinski definition) is 0. The van der Waals surface area contributed by atoms with E-state index in [-0.39, 0.29) is 17.2 Å². The first-order valence-corrected chi connectivity index (χ1v) is 8.10. The predicted octanol–water partition coefficient (Wildman–Crippen LogP) is 1.82. The maximum atomic E-state index is 12.5. The molecule has 1 aliphatic rings. The highest BCUT2D eigenvalue weighted by Gasteiger charge is 2.32. The van der Waals surface area contributed by atoms with Gasteiger partial charge in [-0.3, -0.25) is 4.79 Å². The molecule has 0 aromatic carbocycles. The van der Waals surface area contributed by atoms with Crippen LogP contribution in [0.2, 0.25) is 0 Å². The lowest BCUT2D eigenvalue weighted by atomic mass is 10.1. The van der Waals surface area contributed by atoms with Crippen LogP contribution in [0.4, 0.5) is 0 Å². The van der Waals surface area contributed by atoms with E-state index < -0.39 is 0 Å². The van der Waals surface area contributed by atoms with Gasteiger partial charge in [-0.15, -0.1) is 5.10 Å². The van der Waals surface area contributed by atoms with Crippen molar-refractivity contribution in [3.05, 3.63) is 0 Å². The molecule has 1 aliphatic heterocycles. The van der Waals surface area contributed by atoms with Crippen molar-refractivity contribution in [1.29, 1.82) is 0 Å². The molecule has 0 unspecified atom stereocenters. The number of carbonyl (C=O) groups excluding carboxylic acids is 1. The van der Waals surface area contributed by atoms with E-state index in [2.05, 4.69) is 43.2 Å². The van der Waals surface area contributed by atoms with Gasteiger partial charge < -0.3 is 4.90 Å². The minimum atomic E-state index is -0.0527. The molecule has 0 aliphatic carbocycles. The molecule has 20 heavy (non-hydrogen) atoms. The van der Waals surface area contributed by atoms with Gasteiger partial charge in [-0.05, 0) is 43.0 Å². The maximum absolute atomic E-state index is 12.5. The van der Waals surface area contributed by atoms with Gasteiger partial charge in [0.2, 0.25) is 11.1 Å². The number of rotatable bonds is 5. The highest BCUT2D eigenvalue weighted by atomic mass is 32.2. The summed E-state index contributed by atoms with van der Waals surface area (Å²) in [5.74, 6) is 0.697. The summed E-state index contributed by atoms with van der Waals surface area (Å²) >= 11 is 1.50. The molecule has 1 amide bonds. The van der Waals surface area contributed by atoms with Crippen molar-refractivity contribution in [3.8, 4) is 0 Å². The van der Waals surface area contributed by atoms with E-state index in [1.54, 1.807) is 4.68 Å². The second-order valence-electron chi connectivity index (χ2n) is 5.91. The van der Waals surface area contributed by atoms with Gasteiger partial charge in [0.05, 0.1) is 5.25 Å². The quantitative estimate of drug-likeness (QED) is 0.829. The van der Waals surface area contributed by atoms with Crippen LogP contribution >= 0.6 is 11.8 Å². The third kappa shape index (κ3) is 3.50. The lowest BCUT2D eigenvalue weighted by molar-refractivity contribution is -0.134. The molecule has 1 atom stereocenters. The number of thioether (sulfide) groups is 1. The summed E-state index contributed by atoms with van der Waals surface area (Å²) in [4.78, 5) is 14.4. The zero-order chi connectivity index (χ0) is 14.7. The van der Waals surface area contributed by atoms with E-state index in [1.165, 1.54) is 11.8 Å². The number of carbonyl (C=O) groups is 1. The van der Waals surface area contributed by atoms with E-state index in [0.717, 1.165) is 31.1 Å². The molecular weight excluding hydrogens is 274 g/mol. The zero-order valence-electron chi connectivity index (χ0n) is 12.6. The van der Waals surface area contributed by atoms with Gasteiger partial charge in [-0.1, -0.05) is 25.6 Å². The van der Waals surface area contributed by atoms with Gasteiger partial charge in [0, 0.05) is 19.1 Å². The molecule has 1 aromatic heterocycles. The second kappa shape index (κ2) is 6.56. The molecule has 1 saturated heterocycles. The molecule has 0 spiro atoms. The molecule has 7 heteroatoms. The van der Waals surface area contributed by atoms with E-state index in [1.807, 2.05) is 4.90 Å². The number of amides is 1. The van der Waals surface area contributed by atoms with E-state index in [9.17, 15) is 4.79 Å². The van der Waals surface area contributed by atoms with Crippen molar-refractivity contribution in [2.24, 2.45) is 5.92 Å². The lowest BCUT2D eigenvalue weighted by Gasteiger charge is -2.34. The van der Waals surface area contributed by atoms with Crippen molar-refractivity contribution < 1.29 is 4.79 Å². The number of nitrogens with zero attached hydrogens (tertiary/aromatic N) is 5. The minimum absolute atomic E-state index is 0.0527. The molecule has 1 fully saturated rings. The summed E-state index contributed by atoms with van der Waals surface area (Å²) in [6.07, 6.45) is 1.95. The highest BCUT2D eigenvalue weighted by Crippen LogP contribution is 2.29. The smallest absolute Gasteiger partial charge is 0.236 e. The van der Waals surface area contributed by atoms with Gasteiger partial charge >= 0.3 is 0 Å². The Kier molecular flexibility index (Phi) is 5.01. The summed E-state index contributed by atoms with van der Waals surface area (Å²) in [6, 6.07) is 0.262. The van der Waals surface area contributed by atoms with Crippen LogP contribution in [0.1, 0.15) is 40.5 Å². The monoisotopic (exact) mass is 297 g/mol. The van der Waals surface area contributed by atoms with Crippen LogP contribution < -0.4 is 0 Å². The maximum Gasteiger partial charge on any atom is 0.236 e. The Bertz CT molecular complexity index is 459. The SMILES string of the molecule is CC(C)Cn1nnnc1S[C@@H]1CCCN(C(C)C)C1=O. The van der Waals surface area contributed by atoms with Crippen LogP contribution in [-0.2, 0) is 11.3 Å². The van der Waals surface area contributed by atoms with E-state index in [4.69, 9.17) is 0 Å².